The highest BCUT2D eigenvalue weighted by Crippen LogP contribution is 2.44. The molecule has 6 nitrogen and oxygen atoms in total. The average molecular weight is 381 g/mol. The Morgan fingerprint density at radius 3 is 2.61 bits per heavy atom. The van der Waals surface area contributed by atoms with Crippen molar-refractivity contribution >= 4 is 5.91 Å². The maximum absolute atomic E-state index is 12.6. The number of hydrogen-bond donors (Lipinski definition) is 2. The molecule has 6 heteroatoms. The molecule has 0 unspecified atom stereocenters. The fraction of sp³-hybridized carbons (Fsp3) is 0.455. The van der Waals surface area contributed by atoms with Crippen molar-refractivity contribution in [1.82, 2.24) is 15.2 Å². The van der Waals surface area contributed by atoms with E-state index >= 15 is 0 Å². The first kappa shape index (κ1) is 18.9. The lowest BCUT2D eigenvalue weighted by atomic mass is 9.83. The van der Waals surface area contributed by atoms with Crippen molar-refractivity contribution in [3.05, 3.63) is 59.9 Å². The SMILES string of the molecule is COc1ccccc1CNC(=O)CN1[C@@H]2CC[C@@H]1CC(O)(c1ccccn1)C2. The number of carbonyl (C=O) groups is 1. The molecule has 2 N–H and O–H groups in total. The minimum Gasteiger partial charge on any atom is -0.496 e. The Labute approximate surface area is 165 Å². The Bertz CT molecular complexity index is 813. The van der Waals surface area contributed by atoms with Crippen molar-refractivity contribution in [2.24, 2.45) is 0 Å². The second-order valence-corrected chi connectivity index (χ2v) is 7.80. The molecule has 2 aromatic rings. The highest BCUT2D eigenvalue weighted by molar-refractivity contribution is 5.78. The van der Waals surface area contributed by atoms with Crippen molar-refractivity contribution < 1.29 is 14.6 Å². The zero-order chi connectivity index (χ0) is 19.6. The number of rotatable bonds is 6. The molecule has 1 aromatic heterocycles. The normalized spacial score (nSPS) is 26.8. The molecular weight excluding hydrogens is 354 g/mol. The van der Waals surface area contributed by atoms with Gasteiger partial charge in [0.1, 0.15) is 11.4 Å². The highest BCUT2D eigenvalue weighted by atomic mass is 16.5. The van der Waals surface area contributed by atoms with Crippen LogP contribution in [-0.4, -0.2) is 46.6 Å². The fourth-order valence-electron chi connectivity index (χ4n) is 4.69. The van der Waals surface area contributed by atoms with E-state index in [-0.39, 0.29) is 18.0 Å². The van der Waals surface area contributed by atoms with Crippen LogP contribution >= 0.6 is 0 Å². The van der Waals surface area contributed by atoms with E-state index in [1.807, 2.05) is 42.5 Å². The van der Waals surface area contributed by atoms with Gasteiger partial charge in [-0.2, -0.15) is 0 Å². The third kappa shape index (κ3) is 3.75. The molecule has 0 radical (unpaired) electrons. The molecule has 2 aliphatic heterocycles. The summed E-state index contributed by atoms with van der Waals surface area (Å²) < 4.78 is 5.34. The van der Waals surface area contributed by atoms with Gasteiger partial charge in [0.15, 0.2) is 0 Å². The van der Waals surface area contributed by atoms with Gasteiger partial charge in [-0.25, -0.2) is 0 Å². The number of aromatic nitrogens is 1. The van der Waals surface area contributed by atoms with Crippen molar-refractivity contribution in [2.45, 2.75) is 49.9 Å². The summed E-state index contributed by atoms with van der Waals surface area (Å²) in [4.78, 5) is 19.2. The summed E-state index contributed by atoms with van der Waals surface area (Å²) in [5.74, 6) is 0.785. The summed E-state index contributed by atoms with van der Waals surface area (Å²) in [6.45, 7) is 0.812. The molecular formula is C22H27N3O3. The van der Waals surface area contributed by atoms with E-state index in [4.69, 9.17) is 4.74 Å². The Balaban J connectivity index is 1.37. The number of ether oxygens (including phenoxy) is 1. The number of pyridine rings is 1. The van der Waals surface area contributed by atoms with E-state index < -0.39 is 5.60 Å². The van der Waals surface area contributed by atoms with Crippen molar-refractivity contribution in [1.29, 1.82) is 0 Å². The maximum atomic E-state index is 12.6. The molecule has 1 aromatic carbocycles. The van der Waals surface area contributed by atoms with Crippen LogP contribution in [0.2, 0.25) is 0 Å². The first-order valence-electron chi connectivity index (χ1n) is 9.87. The van der Waals surface area contributed by atoms with Gasteiger partial charge in [-0.05, 0) is 43.9 Å². The van der Waals surface area contributed by atoms with Crippen LogP contribution in [0.4, 0.5) is 0 Å². The van der Waals surface area contributed by atoms with Crippen LogP contribution in [0, 0.1) is 0 Å². The quantitative estimate of drug-likeness (QED) is 0.803. The van der Waals surface area contributed by atoms with Gasteiger partial charge in [0.05, 0.1) is 19.3 Å². The zero-order valence-corrected chi connectivity index (χ0v) is 16.2. The predicted octanol–water partition coefficient (Wildman–Crippen LogP) is 2.22. The minimum atomic E-state index is -0.891. The molecule has 2 fully saturated rings. The predicted molar refractivity (Wildman–Crippen MR) is 106 cm³/mol. The van der Waals surface area contributed by atoms with Crippen molar-refractivity contribution in [2.75, 3.05) is 13.7 Å². The van der Waals surface area contributed by atoms with Gasteiger partial charge >= 0.3 is 0 Å². The van der Waals surface area contributed by atoms with E-state index in [2.05, 4.69) is 15.2 Å². The lowest BCUT2D eigenvalue weighted by Gasteiger charge is -2.43. The molecule has 2 saturated heterocycles. The Hall–Kier alpha value is -2.44. The van der Waals surface area contributed by atoms with Crippen LogP contribution in [-0.2, 0) is 16.9 Å². The lowest BCUT2D eigenvalue weighted by Crippen LogP contribution is -2.52. The molecule has 0 aliphatic carbocycles. The maximum Gasteiger partial charge on any atom is 0.234 e. The average Bonchev–Trinajstić information content (AvgIpc) is 2.96. The largest absolute Gasteiger partial charge is 0.496 e. The number of benzene rings is 1. The molecule has 3 heterocycles. The second-order valence-electron chi connectivity index (χ2n) is 7.80. The second kappa shape index (κ2) is 7.89. The van der Waals surface area contributed by atoms with Crippen molar-refractivity contribution in [3.63, 3.8) is 0 Å². The number of aliphatic hydroxyl groups is 1. The number of fused-ring (bicyclic) bond motifs is 2. The van der Waals surface area contributed by atoms with Crippen molar-refractivity contribution in [3.8, 4) is 5.75 Å². The van der Waals surface area contributed by atoms with Crippen LogP contribution in [0.3, 0.4) is 0 Å². The standard InChI is InChI=1S/C22H27N3O3/c1-28-19-7-3-2-6-16(19)14-24-21(26)15-25-17-9-10-18(25)13-22(27,12-17)20-8-4-5-11-23-20/h2-8,11,17-18,27H,9-10,12-15H2,1H3,(H,24,26)/t17-,18-/m1/s1. The van der Waals surface area contributed by atoms with Crippen LogP contribution in [0.1, 0.15) is 36.9 Å². The summed E-state index contributed by atoms with van der Waals surface area (Å²) in [5.41, 5.74) is 0.814. The molecule has 4 rings (SSSR count). The topological polar surface area (TPSA) is 74.7 Å². The van der Waals surface area contributed by atoms with E-state index in [1.165, 1.54) is 0 Å². The van der Waals surface area contributed by atoms with Gasteiger partial charge in [0.25, 0.3) is 0 Å². The third-order valence-corrected chi connectivity index (χ3v) is 6.05. The van der Waals surface area contributed by atoms with E-state index in [0.717, 1.165) is 29.8 Å². The van der Waals surface area contributed by atoms with Crippen LogP contribution in [0.15, 0.2) is 48.7 Å². The molecule has 2 bridgehead atoms. The summed E-state index contributed by atoms with van der Waals surface area (Å²) in [7, 11) is 1.63. The van der Waals surface area contributed by atoms with Crippen LogP contribution in [0.5, 0.6) is 5.75 Å². The number of hydrogen-bond acceptors (Lipinski definition) is 5. The summed E-state index contributed by atoms with van der Waals surface area (Å²) in [6, 6.07) is 13.8. The Morgan fingerprint density at radius 1 is 1.21 bits per heavy atom. The van der Waals surface area contributed by atoms with Gasteiger partial charge in [0.2, 0.25) is 5.91 Å². The van der Waals surface area contributed by atoms with E-state index in [9.17, 15) is 9.90 Å². The van der Waals surface area contributed by atoms with E-state index in [0.29, 0.717) is 25.9 Å². The molecule has 0 saturated carbocycles. The number of amides is 1. The van der Waals surface area contributed by atoms with Gasteiger partial charge < -0.3 is 15.2 Å². The zero-order valence-electron chi connectivity index (χ0n) is 16.2. The Kier molecular flexibility index (Phi) is 5.33. The third-order valence-electron chi connectivity index (χ3n) is 6.05. The molecule has 148 valence electrons. The lowest BCUT2D eigenvalue weighted by molar-refractivity contribution is -0.126. The molecule has 1 amide bonds. The number of methoxy groups -OCH3 is 1. The van der Waals surface area contributed by atoms with Gasteiger partial charge in [-0.15, -0.1) is 0 Å². The number of para-hydroxylation sites is 1. The van der Waals surface area contributed by atoms with Crippen LogP contribution < -0.4 is 10.1 Å². The highest BCUT2D eigenvalue weighted by Gasteiger charge is 2.49. The molecule has 0 spiro atoms. The molecule has 28 heavy (non-hydrogen) atoms. The summed E-state index contributed by atoms with van der Waals surface area (Å²) >= 11 is 0. The van der Waals surface area contributed by atoms with Crippen LogP contribution in [0.25, 0.3) is 0 Å². The first-order chi connectivity index (χ1) is 13.6. The molecule has 2 aliphatic rings. The number of piperidine rings is 1. The summed E-state index contributed by atoms with van der Waals surface area (Å²) in [6.07, 6.45) is 5.01. The van der Waals surface area contributed by atoms with Gasteiger partial charge in [-0.1, -0.05) is 24.3 Å². The Morgan fingerprint density at radius 2 is 1.93 bits per heavy atom. The van der Waals surface area contributed by atoms with E-state index in [1.54, 1.807) is 13.3 Å². The fourth-order valence-corrected chi connectivity index (χ4v) is 4.69. The number of nitrogens with zero attached hydrogens (tertiary/aromatic N) is 2. The summed E-state index contributed by atoms with van der Waals surface area (Å²) in [5, 5.41) is 14.2. The van der Waals surface area contributed by atoms with Gasteiger partial charge in [0, 0.05) is 30.4 Å². The molecule has 2 atom stereocenters. The smallest absolute Gasteiger partial charge is 0.234 e. The number of nitrogens with one attached hydrogen (secondary N) is 1. The minimum absolute atomic E-state index is 0.00563. The first-order valence-corrected chi connectivity index (χ1v) is 9.87. The number of carbonyl (C=O) groups excluding carboxylic acids is 1. The van der Waals surface area contributed by atoms with Gasteiger partial charge in [-0.3, -0.25) is 14.7 Å². The monoisotopic (exact) mass is 381 g/mol.